The van der Waals surface area contributed by atoms with Gasteiger partial charge in [0.2, 0.25) is 5.13 Å². The van der Waals surface area contributed by atoms with Crippen molar-refractivity contribution >= 4 is 22.4 Å². The van der Waals surface area contributed by atoms with E-state index in [0.29, 0.717) is 16.6 Å². The van der Waals surface area contributed by atoms with Crippen LogP contribution >= 0.6 is 11.3 Å². The highest BCUT2D eigenvalue weighted by molar-refractivity contribution is 7.13. The van der Waals surface area contributed by atoms with E-state index in [1.165, 1.54) is 11.3 Å². The van der Waals surface area contributed by atoms with Crippen molar-refractivity contribution in [2.24, 2.45) is 0 Å². The first-order chi connectivity index (χ1) is 8.78. The first-order valence-corrected chi connectivity index (χ1v) is 5.99. The van der Waals surface area contributed by atoms with Gasteiger partial charge in [-0.1, -0.05) is 17.4 Å². The Morgan fingerprint density at radius 1 is 1.44 bits per heavy atom. The fraction of sp³-hybridized carbons (Fsp3) is 0.182. The van der Waals surface area contributed by atoms with Crippen molar-refractivity contribution < 1.29 is 14.3 Å². The van der Waals surface area contributed by atoms with Gasteiger partial charge in [-0.05, 0) is 12.1 Å². The second kappa shape index (κ2) is 5.97. The van der Waals surface area contributed by atoms with Crippen LogP contribution in [-0.2, 0) is 4.79 Å². The van der Waals surface area contributed by atoms with E-state index in [2.05, 4.69) is 15.5 Å². The number of benzene rings is 1. The van der Waals surface area contributed by atoms with Crippen molar-refractivity contribution in [1.82, 2.24) is 10.2 Å². The Morgan fingerprint density at radius 3 is 3.00 bits per heavy atom. The van der Waals surface area contributed by atoms with Gasteiger partial charge in [0.15, 0.2) is 6.61 Å². The average molecular weight is 265 g/mol. The van der Waals surface area contributed by atoms with E-state index in [-0.39, 0.29) is 12.5 Å². The summed E-state index contributed by atoms with van der Waals surface area (Å²) in [4.78, 5) is 11.5. The van der Waals surface area contributed by atoms with Crippen molar-refractivity contribution in [3.63, 3.8) is 0 Å². The molecule has 6 nitrogen and oxygen atoms in total. The third kappa shape index (κ3) is 3.42. The highest BCUT2D eigenvalue weighted by atomic mass is 32.1. The second-order valence-electron chi connectivity index (χ2n) is 3.26. The van der Waals surface area contributed by atoms with Crippen LogP contribution in [-0.4, -0.2) is 29.8 Å². The Kier molecular flexibility index (Phi) is 4.08. The van der Waals surface area contributed by atoms with E-state index >= 15 is 0 Å². The predicted octanol–water partition coefficient (Wildman–Crippen LogP) is 1.56. The van der Waals surface area contributed by atoms with Crippen molar-refractivity contribution in [1.29, 1.82) is 0 Å². The smallest absolute Gasteiger partial charge is 0.264 e. The molecule has 1 amide bonds. The van der Waals surface area contributed by atoms with Crippen LogP contribution in [0.15, 0.2) is 29.8 Å². The van der Waals surface area contributed by atoms with Gasteiger partial charge in [0, 0.05) is 6.07 Å². The van der Waals surface area contributed by atoms with Crippen molar-refractivity contribution in [3.05, 3.63) is 29.8 Å². The van der Waals surface area contributed by atoms with Crippen LogP contribution in [0.5, 0.6) is 11.5 Å². The summed E-state index contributed by atoms with van der Waals surface area (Å²) in [5.41, 5.74) is 1.54. The highest BCUT2D eigenvalue weighted by Gasteiger charge is 2.06. The summed E-state index contributed by atoms with van der Waals surface area (Å²) >= 11 is 1.25. The molecule has 0 atom stereocenters. The molecule has 94 valence electrons. The number of methoxy groups -OCH3 is 1. The topological polar surface area (TPSA) is 73.3 Å². The molecular weight excluding hydrogens is 254 g/mol. The summed E-state index contributed by atoms with van der Waals surface area (Å²) in [7, 11) is 1.57. The Morgan fingerprint density at radius 2 is 2.28 bits per heavy atom. The van der Waals surface area contributed by atoms with Crippen LogP contribution in [0.3, 0.4) is 0 Å². The lowest BCUT2D eigenvalue weighted by Crippen LogP contribution is -2.20. The van der Waals surface area contributed by atoms with Gasteiger partial charge in [0.1, 0.15) is 17.0 Å². The van der Waals surface area contributed by atoms with E-state index < -0.39 is 0 Å². The number of nitrogens with zero attached hydrogens (tertiary/aromatic N) is 2. The molecule has 18 heavy (non-hydrogen) atoms. The summed E-state index contributed by atoms with van der Waals surface area (Å²) in [6, 6.07) is 7.05. The molecule has 0 saturated carbocycles. The Balaban J connectivity index is 1.85. The quantitative estimate of drug-likeness (QED) is 0.888. The molecule has 0 spiro atoms. The lowest BCUT2D eigenvalue weighted by atomic mass is 10.3. The zero-order valence-corrected chi connectivity index (χ0v) is 10.4. The van der Waals surface area contributed by atoms with Crippen LogP contribution in [0.4, 0.5) is 5.13 Å². The van der Waals surface area contributed by atoms with Crippen LogP contribution in [0.1, 0.15) is 0 Å². The lowest BCUT2D eigenvalue weighted by Gasteiger charge is -2.06. The number of rotatable bonds is 5. The van der Waals surface area contributed by atoms with Gasteiger partial charge in [-0.15, -0.1) is 10.2 Å². The minimum absolute atomic E-state index is 0.0905. The van der Waals surface area contributed by atoms with Crippen molar-refractivity contribution in [2.75, 3.05) is 19.0 Å². The number of carbonyl (C=O) groups is 1. The summed E-state index contributed by atoms with van der Waals surface area (Å²) in [6.45, 7) is -0.0905. The number of nitrogens with one attached hydrogen (secondary N) is 1. The van der Waals surface area contributed by atoms with E-state index in [4.69, 9.17) is 9.47 Å². The number of aromatic nitrogens is 2. The van der Waals surface area contributed by atoms with Crippen LogP contribution in [0, 0.1) is 0 Å². The van der Waals surface area contributed by atoms with E-state index in [9.17, 15) is 4.79 Å². The summed E-state index contributed by atoms with van der Waals surface area (Å²) < 4.78 is 10.4. The summed E-state index contributed by atoms with van der Waals surface area (Å²) in [6.07, 6.45) is 0. The molecule has 0 saturated heterocycles. The minimum atomic E-state index is -0.283. The van der Waals surface area contributed by atoms with Gasteiger partial charge < -0.3 is 9.47 Å². The van der Waals surface area contributed by atoms with Crippen LogP contribution < -0.4 is 14.8 Å². The van der Waals surface area contributed by atoms with Gasteiger partial charge in [-0.25, -0.2) is 0 Å². The highest BCUT2D eigenvalue weighted by Crippen LogP contribution is 2.18. The molecule has 1 aromatic heterocycles. The van der Waals surface area contributed by atoms with E-state index in [1.807, 2.05) is 0 Å². The fourth-order valence-electron chi connectivity index (χ4n) is 1.22. The maximum absolute atomic E-state index is 11.5. The molecule has 2 rings (SSSR count). The molecule has 1 heterocycles. The predicted molar refractivity (Wildman–Crippen MR) is 67.0 cm³/mol. The van der Waals surface area contributed by atoms with Gasteiger partial charge in [0.25, 0.3) is 5.91 Å². The number of carbonyl (C=O) groups excluding carboxylic acids is 1. The summed E-state index contributed by atoms with van der Waals surface area (Å²) in [5.74, 6) is 0.966. The maximum Gasteiger partial charge on any atom is 0.264 e. The van der Waals surface area contributed by atoms with E-state index in [0.717, 1.165) is 0 Å². The second-order valence-corrected chi connectivity index (χ2v) is 4.09. The van der Waals surface area contributed by atoms with Gasteiger partial charge in [-0.2, -0.15) is 0 Å². The Bertz CT molecular complexity index is 516. The number of anilines is 1. The molecule has 2 aromatic rings. The average Bonchev–Trinajstić information content (AvgIpc) is 2.89. The first kappa shape index (κ1) is 12.3. The van der Waals surface area contributed by atoms with Crippen LogP contribution in [0.2, 0.25) is 0 Å². The SMILES string of the molecule is COc1cccc(OCC(=O)Nc2nncs2)c1. The van der Waals surface area contributed by atoms with Crippen LogP contribution in [0.25, 0.3) is 0 Å². The molecule has 1 N–H and O–H groups in total. The zero-order valence-electron chi connectivity index (χ0n) is 9.62. The first-order valence-electron chi connectivity index (χ1n) is 5.11. The molecule has 1 aromatic carbocycles. The molecule has 0 aliphatic heterocycles. The Labute approximate surface area is 108 Å². The third-order valence-corrected chi connectivity index (χ3v) is 2.62. The molecule has 0 fully saturated rings. The fourth-order valence-corrected chi connectivity index (χ4v) is 1.68. The van der Waals surface area contributed by atoms with Gasteiger partial charge >= 0.3 is 0 Å². The third-order valence-electron chi connectivity index (χ3n) is 2.02. The molecule has 0 unspecified atom stereocenters. The van der Waals surface area contributed by atoms with Gasteiger partial charge in [0.05, 0.1) is 7.11 Å². The number of hydrogen-bond donors (Lipinski definition) is 1. The molecule has 7 heteroatoms. The maximum atomic E-state index is 11.5. The van der Waals surface area contributed by atoms with Crippen molar-refractivity contribution in [2.45, 2.75) is 0 Å². The molecule has 0 aliphatic rings. The number of hydrogen-bond acceptors (Lipinski definition) is 6. The number of ether oxygens (including phenoxy) is 2. The normalized spacial score (nSPS) is 9.83. The molecule has 0 radical (unpaired) electrons. The molecule has 0 bridgehead atoms. The zero-order chi connectivity index (χ0) is 12.8. The number of amides is 1. The van der Waals surface area contributed by atoms with Gasteiger partial charge in [-0.3, -0.25) is 10.1 Å². The summed E-state index contributed by atoms with van der Waals surface area (Å²) in [5, 5.41) is 10.3. The largest absolute Gasteiger partial charge is 0.497 e. The van der Waals surface area contributed by atoms with E-state index in [1.54, 1.807) is 36.9 Å². The molecule has 0 aliphatic carbocycles. The molecular formula is C11H11N3O3S. The van der Waals surface area contributed by atoms with Crippen molar-refractivity contribution in [3.8, 4) is 11.5 Å². The lowest BCUT2D eigenvalue weighted by molar-refractivity contribution is -0.118. The monoisotopic (exact) mass is 265 g/mol. The Hall–Kier alpha value is -2.15. The minimum Gasteiger partial charge on any atom is -0.497 e. The standard InChI is InChI=1S/C11H11N3O3S/c1-16-8-3-2-4-9(5-8)17-6-10(15)13-11-14-12-7-18-11/h2-5,7H,6H2,1H3,(H,13,14,15).